The van der Waals surface area contributed by atoms with E-state index in [4.69, 9.17) is 0 Å². The van der Waals surface area contributed by atoms with Crippen LogP contribution < -0.4 is 0 Å². The maximum Gasteiger partial charge on any atom is 0.0226 e. The van der Waals surface area contributed by atoms with Crippen molar-refractivity contribution in [3.8, 4) is 0 Å². The molecule has 0 N–H and O–H groups in total. The largest absolute Gasteiger partial charge is 0.269 e. The van der Waals surface area contributed by atoms with Gasteiger partial charge in [0.15, 0.2) is 0 Å². The minimum atomic E-state index is 0.704. The minimum absolute atomic E-state index is 0.704. The molecule has 1 nitrogen and oxygen atoms in total. The van der Waals surface area contributed by atoms with Crippen molar-refractivity contribution < 1.29 is 0 Å². The third-order valence-corrected chi connectivity index (χ3v) is 1.70. The van der Waals surface area contributed by atoms with Crippen molar-refractivity contribution in [3.63, 3.8) is 0 Å². The summed E-state index contributed by atoms with van der Waals surface area (Å²) in [7, 11) is 0. The average molecular weight is 135 g/mol. The second-order valence-electron chi connectivity index (χ2n) is 2.53. The second-order valence-corrected chi connectivity index (χ2v) is 2.53. The Morgan fingerprint density at radius 2 is 2.60 bits per heavy atom. The molecule has 1 heteroatoms. The molecule has 0 saturated heterocycles. The van der Waals surface area contributed by atoms with E-state index in [9.17, 15) is 0 Å². The lowest BCUT2D eigenvalue weighted by atomic mass is 9.99. The van der Waals surface area contributed by atoms with Gasteiger partial charge < -0.3 is 0 Å². The summed E-state index contributed by atoms with van der Waals surface area (Å²) in [6, 6.07) is 0. The van der Waals surface area contributed by atoms with E-state index in [-0.39, 0.29) is 0 Å². The monoisotopic (exact) mass is 135 g/mol. The van der Waals surface area contributed by atoms with Crippen LogP contribution in [0.2, 0.25) is 0 Å². The first-order valence-electron chi connectivity index (χ1n) is 3.72. The van der Waals surface area contributed by atoms with Gasteiger partial charge in [-0.3, -0.25) is 4.99 Å². The summed E-state index contributed by atoms with van der Waals surface area (Å²) in [5.41, 5.74) is 0. The topological polar surface area (TPSA) is 12.4 Å². The maximum absolute atomic E-state index is 4.00. The summed E-state index contributed by atoms with van der Waals surface area (Å²) in [6.07, 6.45) is 11.4. The smallest absolute Gasteiger partial charge is 0.0226 e. The summed E-state index contributed by atoms with van der Waals surface area (Å²) < 4.78 is 0. The zero-order valence-corrected chi connectivity index (χ0v) is 6.16. The lowest BCUT2D eigenvalue weighted by Crippen LogP contribution is -1.99. The molecular formula is C9H13N. The van der Waals surface area contributed by atoms with E-state index in [1.54, 1.807) is 0 Å². The fourth-order valence-electron chi connectivity index (χ4n) is 1.05. The van der Waals surface area contributed by atoms with Crippen LogP contribution in [0, 0.1) is 5.92 Å². The van der Waals surface area contributed by atoms with Crippen molar-refractivity contribution in [2.24, 2.45) is 10.9 Å². The minimum Gasteiger partial charge on any atom is -0.269 e. The molecule has 0 aromatic carbocycles. The predicted octanol–water partition coefficient (Wildman–Crippen LogP) is 2.56. The highest BCUT2D eigenvalue weighted by atomic mass is 14.7. The number of rotatable bonds is 3. The Morgan fingerprint density at radius 3 is 3.20 bits per heavy atom. The molecular weight excluding hydrogens is 122 g/mol. The van der Waals surface area contributed by atoms with Crippen LogP contribution in [0.15, 0.2) is 29.9 Å². The third-order valence-electron chi connectivity index (χ3n) is 1.70. The van der Waals surface area contributed by atoms with Gasteiger partial charge in [0.25, 0.3) is 0 Å². The van der Waals surface area contributed by atoms with E-state index in [2.05, 4.69) is 17.6 Å². The molecule has 0 aromatic rings. The van der Waals surface area contributed by atoms with E-state index < -0.39 is 0 Å². The SMILES string of the molecule is C=CCCC1C=CN=CC1. The van der Waals surface area contributed by atoms with Crippen LogP contribution in [0.3, 0.4) is 0 Å². The number of nitrogens with zero attached hydrogens (tertiary/aromatic N) is 1. The Morgan fingerprint density at radius 1 is 1.70 bits per heavy atom. The number of aliphatic imine (C=N–C) groups is 1. The fourth-order valence-corrected chi connectivity index (χ4v) is 1.05. The van der Waals surface area contributed by atoms with E-state index in [1.807, 2.05) is 18.5 Å². The molecule has 0 aliphatic carbocycles. The van der Waals surface area contributed by atoms with Crippen LogP contribution in [-0.2, 0) is 0 Å². The van der Waals surface area contributed by atoms with Crippen LogP contribution in [0.1, 0.15) is 19.3 Å². The van der Waals surface area contributed by atoms with Gasteiger partial charge in [0.2, 0.25) is 0 Å². The van der Waals surface area contributed by atoms with Gasteiger partial charge >= 0.3 is 0 Å². The van der Waals surface area contributed by atoms with Crippen molar-refractivity contribution in [1.29, 1.82) is 0 Å². The lowest BCUT2D eigenvalue weighted by Gasteiger charge is -2.09. The molecule has 0 radical (unpaired) electrons. The molecule has 1 aliphatic heterocycles. The number of hydrogen-bond acceptors (Lipinski definition) is 1. The van der Waals surface area contributed by atoms with Crippen molar-refractivity contribution in [2.75, 3.05) is 0 Å². The summed E-state index contributed by atoms with van der Waals surface area (Å²) in [5.74, 6) is 0.704. The standard InChI is InChI=1S/C9H13N/c1-2-3-4-9-5-7-10-8-6-9/h2,5,7-9H,1,3-4,6H2. The fraction of sp³-hybridized carbons (Fsp3) is 0.444. The zero-order valence-electron chi connectivity index (χ0n) is 6.16. The summed E-state index contributed by atoms with van der Waals surface area (Å²) in [6.45, 7) is 3.69. The van der Waals surface area contributed by atoms with Gasteiger partial charge in [0.1, 0.15) is 0 Å². The molecule has 54 valence electrons. The normalized spacial score (nSPS) is 23.0. The van der Waals surface area contributed by atoms with Gasteiger partial charge in [-0.25, -0.2) is 0 Å². The van der Waals surface area contributed by atoms with Crippen LogP contribution >= 0.6 is 0 Å². The molecule has 0 bridgehead atoms. The van der Waals surface area contributed by atoms with Gasteiger partial charge in [-0.2, -0.15) is 0 Å². The molecule has 0 aromatic heterocycles. The zero-order chi connectivity index (χ0) is 7.23. The molecule has 1 rings (SSSR count). The average Bonchev–Trinajstić information content (AvgIpc) is 2.03. The van der Waals surface area contributed by atoms with Gasteiger partial charge in [0, 0.05) is 12.4 Å². The summed E-state index contributed by atoms with van der Waals surface area (Å²) in [5, 5.41) is 0. The maximum atomic E-state index is 4.00. The van der Waals surface area contributed by atoms with E-state index >= 15 is 0 Å². The third kappa shape index (κ3) is 2.18. The van der Waals surface area contributed by atoms with Crippen LogP contribution in [-0.4, -0.2) is 6.21 Å². The van der Waals surface area contributed by atoms with Crippen molar-refractivity contribution in [2.45, 2.75) is 19.3 Å². The van der Waals surface area contributed by atoms with E-state index in [1.165, 1.54) is 6.42 Å². The Kier molecular flexibility index (Phi) is 2.94. The number of allylic oxidation sites excluding steroid dienone is 2. The molecule has 1 atom stereocenters. The summed E-state index contributed by atoms with van der Waals surface area (Å²) >= 11 is 0. The Labute approximate surface area is 62.2 Å². The highest BCUT2D eigenvalue weighted by Gasteiger charge is 2.02. The van der Waals surface area contributed by atoms with Crippen molar-refractivity contribution in [1.82, 2.24) is 0 Å². The van der Waals surface area contributed by atoms with Gasteiger partial charge in [-0.15, -0.1) is 6.58 Å². The van der Waals surface area contributed by atoms with Gasteiger partial charge in [-0.05, 0) is 25.2 Å². The highest BCUT2D eigenvalue weighted by molar-refractivity contribution is 5.60. The Balaban J connectivity index is 2.23. The van der Waals surface area contributed by atoms with Crippen LogP contribution in [0.4, 0.5) is 0 Å². The molecule has 0 saturated carbocycles. The van der Waals surface area contributed by atoms with Crippen molar-refractivity contribution >= 4 is 6.21 Å². The highest BCUT2D eigenvalue weighted by Crippen LogP contribution is 2.14. The van der Waals surface area contributed by atoms with E-state index in [0.29, 0.717) is 5.92 Å². The molecule has 10 heavy (non-hydrogen) atoms. The lowest BCUT2D eigenvalue weighted by molar-refractivity contribution is 0.620. The number of hydrogen-bond donors (Lipinski definition) is 0. The van der Waals surface area contributed by atoms with E-state index in [0.717, 1.165) is 12.8 Å². The molecule has 0 spiro atoms. The van der Waals surface area contributed by atoms with Crippen LogP contribution in [0.5, 0.6) is 0 Å². The first kappa shape index (κ1) is 7.26. The first-order valence-corrected chi connectivity index (χ1v) is 3.72. The Bertz CT molecular complexity index is 156. The quantitative estimate of drug-likeness (QED) is 0.527. The summed E-state index contributed by atoms with van der Waals surface area (Å²) in [4.78, 5) is 4.00. The van der Waals surface area contributed by atoms with Gasteiger partial charge in [-0.1, -0.05) is 12.2 Å². The molecule has 0 fully saturated rings. The molecule has 0 amide bonds. The molecule has 1 unspecified atom stereocenters. The van der Waals surface area contributed by atoms with Crippen molar-refractivity contribution in [3.05, 3.63) is 24.9 Å². The molecule has 1 heterocycles. The molecule has 1 aliphatic rings. The van der Waals surface area contributed by atoms with Gasteiger partial charge in [0.05, 0.1) is 0 Å². The first-order chi connectivity index (χ1) is 4.93. The van der Waals surface area contributed by atoms with Crippen LogP contribution in [0.25, 0.3) is 0 Å². The second kappa shape index (κ2) is 4.04. The Hall–Kier alpha value is -0.850. The predicted molar refractivity (Wildman–Crippen MR) is 45.2 cm³/mol.